The van der Waals surface area contributed by atoms with Gasteiger partial charge in [-0.05, 0) is 18.8 Å². The van der Waals surface area contributed by atoms with Crippen molar-refractivity contribution < 1.29 is 14.3 Å². The van der Waals surface area contributed by atoms with Gasteiger partial charge in [0.1, 0.15) is 0 Å². The summed E-state index contributed by atoms with van der Waals surface area (Å²) in [6.07, 6.45) is 2.18. The molecule has 0 saturated carbocycles. The lowest BCUT2D eigenvalue weighted by molar-refractivity contribution is -0.122. The van der Waals surface area contributed by atoms with Crippen molar-refractivity contribution in [1.82, 2.24) is 10.2 Å². The van der Waals surface area contributed by atoms with Gasteiger partial charge in [0.25, 0.3) is 0 Å². The summed E-state index contributed by atoms with van der Waals surface area (Å²) in [7, 11) is 0. The molecule has 0 aliphatic carbocycles. The van der Waals surface area contributed by atoms with Crippen molar-refractivity contribution in [1.29, 1.82) is 0 Å². The molecule has 20 heavy (non-hydrogen) atoms. The Morgan fingerprint density at radius 3 is 2.55 bits per heavy atom. The average molecular weight is 300 g/mol. The van der Waals surface area contributed by atoms with Crippen LogP contribution in [0.1, 0.15) is 26.2 Å². The van der Waals surface area contributed by atoms with Crippen LogP contribution in [0.15, 0.2) is 0 Å². The molecule has 2 saturated heterocycles. The fourth-order valence-corrected chi connectivity index (χ4v) is 3.62. The first kappa shape index (κ1) is 15.6. The second kappa shape index (κ2) is 7.88. The number of nitrogens with one attached hydrogen (secondary N) is 1. The molecular formula is C14H24N2O3S. The standard InChI is InChI=1S/C14H24N2O3S/c1-2-12(17)13(11-3-7-19-8-4-11)15-14(18)16-5-9-20-10-6-16/h11,13H,2-10H2,1H3,(H,15,18)/t13-/m0/s1. The van der Waals surface area contributed by atoms with Gasteiger partial charge in [0.2, 0.25) is 0 Å². The highest BCUT2D eigenvalue weighted by molar-refractivity contribution is 7.99. The number of rotatable bonds is 4. The van der Waals surface area contributed by atoms with Crippen LogP contribution in [0.3, 0.4) is 0 Å². The number of urea groups is 1. The van der Waals surface area contributed by atoms with Crippen molar-refractivity contribution in [3.63, 3.8) is 0 Å². The molecule has 2 heterocycles. The van der Waals surface area contributed by atoms with Crippen LogP contribution < -0.4 is 5.32 Å². The van der Waals surface area contributed by atoms with Crippen LogP contribution in [0.4, 0.5) is 4.79 Å². The topological polar surface area (TPSA) is 58.6 Å². The maximum atomic E-state index is 12.3. The molecule has 1 atom stereocenters. The largest absolute Gasteiger partial charge is 0.381 e. The molecule has 2 aliphatic heterocycles. The Morgan fingerprint density at radius 1 is 1.30 bits per heavy atom. The number of ketones is 1. The van der Waals surface area contributed by atoms with Gasteiger partial charge in [-0.3, -0.25) is 4.79 Å². The van der Waals surface area contributed by atoms with Crippen molar-refractivity contribution in [3.8, 4) is 0 Å². The van der Waals surface area contributed by atoms with Gasteiger partial charge in [0, 0.05) is 44.2 Å². The van der Waals surface area contributed by atoms with Crippen molar-refractivity contribution in [2.75, 3.05) is 37.8 Å². The summed E-state index contributed by atoms with van der Waals surface area (Å²) in [6, 6.07) is -0.422. The van der Waals surface area contributed by atoms with Gasteiger partial charge in [-0.15, -0.1) is 0 Å². The van der Waals surface area contributed by atoms with Gasteiger partial charge in [-0.1, -0.05) is 6.92 Å². The normalized spacial score (nSPS) is 22.4. The number of amides is 2. The molecule has 2 rings (SSSR count). The summed E-state index contributed by atoms with van der Waals surface area (Å²) < 4.78 is 5.35. The van der Waals surface area contributed by atoms with Crippen LogP contribution in [0, 0.1) is 5.92 Å². The minimum absolute atomic E-state index is 0.0800. The zero-order valence-corrected chi connectivity index (χ0v) is 12.9. The van der Waals surface area contributed by atoms with E-state index in [0.29, 0.717) is 19.6 Å². The number of Topliss-reactive ketones (excluding diaryl/α,β-unsaturated/α-hetero) is 1. The molecule has 0 aromatic carbocycles. The minimum Gasteiger partial charge on any atom is -0.381 e. The van der Waals surface area contributed by atoms with Crippen LogP contribution in [0.2, 0.25) is 0 Å². The lowest BCUT2D eigenvalue weighted by atomic mass is 9.88. The highest BCUT2D eigenvalue weighted by Gasteiger charge is 2.31. The molecule has 1 N–H and O–H groups in total. The van der Waals surface area contributed by atoms with Crippen molar-refractivity contribution in [3.05, 3.63) is 0 Å². The van der Waals surface area contributed by atoms with Crippen LogP contribution in [0.25, 0.3) is 0 Å². The van der Waals surface area contributed by atoms with Crippen molar-refractivity contribution >= 4 is 23.6 Å². The zero-order valence-electron chi connectivity index (χ0n) is 12.1. The summed E-state index contributed by atoms with van der Waals surface area (Å²) in [4.78, 5) is 26.3. The van der Waals surface area contributed by atoms with Crippen molar-refractivity contribution in [2.24, 2.45) is 5.92 Å². The lowest BCUT2D eigenvalue weighted by Crippen LogP contribution is -2.53. The van der Waals surface area contributed by atoms with E-state index in [2.05, 4.69) is 5.32 Å². The molecule has 0 radical (unpaired) electrons. The van der Waals surface area contributed by atoms with Crippen LogP contribution in [-0.4, -0.2) is 60.6 Å². The second-order valence-corrected chi connectivity index (χ2v) is 6.52. The molecular weight excluding hydrogens is 276 g/mol. The molecule has 114 valence electrons. The first-order valence-electron chi connectivity index (χ1n) is 7.46. The molecule has 0 bridgehead atoms. The lowest BCUT2D eigenvalue weighted by Gasteiger charge is -2.33. The highest BCUT2D eigenvalue weighted by Crippen LogP contribution is 2.21. The summed E-state index contributed by atoms with van der Waals surface area (Å²) in [5.74, 6) is 2.32. The Labute approximate surface area is 124 Å². The molecule has 0 spiro atoms. The van der Waals surface area contributed by atoms with Crippen LogP contribution in [0.5, 0.6) is 0 Å². The van der Waals surface area contributed by atoms with Crippen molar-refractivity contribution in [2.45, 2.75) is 32.2 Å². The predicted molar refractivity (Wildman–Crippen MR) is 80.1 cm³/mol. The summed E-state index contributed by atoms with van der Waals surface area (Å²) in [5.41, 5.74) is 0. The number of thioether (sulfide) groups is 1. The smallest absolute Gasteiger partial charge is 0.318 e. The number of nitrogens with zero attached hydrogens (tertiary/aromatic N) is 1. The number of hydrogen-bond donors (Lipinski definition) is 1. The minimum atomic E-state index is -0.342. The third-order valence-electron chi connectivity index (χ3n) is 4.01. The Bertz CT molecular complexity index is 339. The molecule has 0 unspecified atom stereocenters. The fourth-order valence-electron chi connectivity index (χ4n) is 2.72. The van der Waals surface area contributed by atoms with Gasteiger partial charge in [-0.2, -0.15) is 11.8 Å². The fraction of sp³-hybridized carbons (Fsp3) is 0.857. The maximum Gasteiger partial charge on any atom is 0.318 e. The van der Waals surface area contributed by atoms with E-state index in [4.69, 9.17) is 4.74 Å². The quantitative estimate of drug-likeness (QED) is 0.855. The van der Waals surface area contributed by atoms with E-state index in [1.807, 2.05) is 23.6 Å². The molecule has 0 aromatic rings. The monoisotopic (exact) mass is 300 g/mol. The van der Waals surface area contributed by atoms with E-state index >= 15 is 0 Å². The highest BCUT2D eigenvalue weighted by atomic mass is 32.2. The summed E-state index contributed by atoms with van der Waals surface area (Å²) in [5, 5.41) is 2.98. The Hall–Kier alpha value is -0.750. The SMILES string of the molecule is CCC(=O)[C@@H](NC(=O)N1CCSCC1)C1CCOCC1. The number of carbonyl (C=O) groups is 2. The number of hydrogen-bond acceptors (Lipinski definition) is 4. The van der Waals surface area contributed by atoms with Gasteiger partial charge < -0.3 is 15.0 Å². The van der Waals surface area contributed by atoms with E-state index in [9.17, 15) is 9.59 Å². The van der Waals surface area contributed by atoms with Gasteiger partial charge in [0.05, 0.1) is 6.04 Å². The number of ether oxygens (including phenoxy) is 1. The predicted octanol–water partition coefficient (Wildman–Crippen LogP) is 1.52. The Kier molecular flexibility index (Phi) is 6.16. The van der Waals surface area contributed by atoms with Gasteiger partial charge >= 0.3 is 6.03 Å². The van der Waals surface area contributed by atoms with Gasteiger partial charge in [0.15, 0.2) is 5.78 Å². The van der Waals surface area contributed by atoms with Crippen LogP contribution >= 0.6 is 11.8 Å². The molecule has 5 nitrogen and oxygen atoms in total. The molecule has 2 amide bonds. The molecule has 2 fully saturated rings. The first-order valence-corrected chi connectivity index (χ1v) is 8.61. The maximum absolute atomic E-state index is 12.3. The second-order valence-electron chi connectivity index (χ2n) is 5.30. The zero-order chi connectivity index (χ0) is 14.4. The number of carbonyl (C=O) groups excluding carboxylic acids is 2. The molecule has 0 aromatic heterocycles. The van der Waals surface area contributed by atoms with Crippen LogP contribution in [-0.2, 0) is 9.53 Å². The average Bonchev–Trinajstić information content (AvgIpc) is 2.53. The van der Waals surface area contributed by atoms with E-state index in [1.54, 1.807) is 0 Å². The first-order chi connectivity index (χ1) is 9.72. The molecule has 6 heteroatoms. The summed E-state index contributed by atoms with van der Waals surface area (Å²) >= 11 is 1.87. The third-order valence-corrected chi connectivity index (χ3v) is 4.95. The van der Waals surface area contributed by atoms with E-state index in [1.165, 1.54) is 0 Å². The van der Waals surface area contributed by atoms with E-state index in [0.717, 1.165) is 37.4 Å². The van der Waals surface area contributed by atoms with E-state index < -0.39 is 0 Å². The Morgan fingerprint density at radius 2 is 1.95 bits per heavy atom. The van der Waals surface area contributed by atoms with E-state index in [-0.39, 0.29) is 23.8 Å². The third kappa shape index (κ3) is 4.12. The molecule has 2 aliphatic rings. The Balaban J connectivity index is 1.95. The summed E-state index contributed by atoms with van der Waals surface area (Å²) in [6.45, 7) is 4.79. The van der Waals surface area contributed by atoms with Gasteiger partial charge in [-0.25, -0.2) is 4.79 Å².